The van der Waals surface area contributed by atoms with Crippen molar-refractivity contribution in [3.05, 3.63) is 58.9 Å². The van der Waals surface area contributed by atoms with Gasteiger partial charge in [0.05, 0.1) is 6.26 Å². The summed E-state index contributed by atoms with van der Waals surface area (Å²) in [6, 6.07) is 7.52. The van der Waals surface area contributed by atoms with Gasteiger partial charge in [0.1, 0.15) is 17.6 Å². The molecule has 1 atom stereocenters. The second-order valence-corrected chi connectivity index (χ2v) is 8.30. The fraction of sp³-hybridized carbons (Fsp3) is 0.444. The lowest BCUT2D eigenvalue weighted by Gasteiger charge is -2.25. The van der Waals surface area contributed by atoms with Crippen LogP contribution in [0, 0.1) is 6.92 Å². The molecule has 0 bridgehead atoms. The summed E-state index contributed by atoms with van der Waals surface area (Å²) in [6.07, 6.45) is -1.35. The monoisotopic (exact) mass is 493 g/mol. The Hall–Kier alpha value is -3.00. The maximum absolute atomic E-state index is 12.6. The van der Waals surface area contributed by atoms with Crippen LogP contribution in [0.1, 0.15) is 76.2 Å². The highest BCUT2D eigenvalue weighted by Gasteiger charge is 2.31. The average Bonchev–Trinajstić information content (AvgIpc) is 2.81. The topological polar surface area (TPSA) is 70.8 Å². The molecule has 0 aliphatic rings. The van der Waals surface area contributed by atoms with E-state index in [1.165, 1.54) is 12.1 Å². The first-order valence-electron chi connectivity index (χ1n) is 11.8. The van der Waals surface area contributed by atoms with Crippen LogP contribution in [0.2, 0.25) is 0 Å². The van der Waals surface area contributed by atoms with Gasteiger partial charge in [-0.3, -0.25) is 4.79 Å². The lowest BCUT2D eigenvalue weighted by molar-refractivity contribution is -0.274. The molecule has 0 aliphatic heterocycles. The van der Waals surface area contributed by atoms with Gasteiger partial charge in [-0.1, -0.05) is 32.9 Å². The molecule has 0 spiro atoms. The standard InChI is InChI=1S/C27H34F3NO4/c1-6-9-24(32)34-23(8-3)25-20(15-31)14-22(18(5)26(25)33-16-17(4)7-2)19-10-12-21(13-11-19)35-27(28,29)30/h10-14,16,23H,6-9,15,31H2,1-5H3/b17-16+. The van der Waals surface area contributed by atoms with Gasteiger partial charge in [0, 0.05) is 18.5 Å². The maximum Gasteiger partial charge on any atom is 0.573 e. The van der Waals surface area contributed by atoms with Crippen LogP contribution in [-0.2, 0) is 16.1 Å². The molecule has 0 heterocycles. The van der Waals surface area contributed by atoms with E-state index < -0.39 is 12.5 Å². The first kappa shape index (κ1) is 28.2. The van der Waals surface area contributed by atoms with Gasteiger partial charge in [0.15, 0.2) is 0 Å². The SMILES string of the molecule is CCCC(=O)OC(CC)c1c(CN)cc(-c2ccc(OC(F)(F)F)cc2)c(C)c1O/C=C(\C)CC. The fourth-order valence-corrected chi connectivity index (χ4v) is 3.65. The number of hydrogen-bond acceptors (Lipinski definition) is 5. The van der Waals surface area contributed by atoms with Crippen LogP contribution in [-0.4, -0.2) is 12.3 Å². The number of benzene rings is 2. The van der Waals surface area contributed by atoms with Crippen LogP contribution in [0.3, 0.4) is 0 Å². The van der Waals surface area contributed by atoms with Gasteiger partial charge in [-0.15, -0.1) is 13.2 Å². The Labute approximate surface area is 205 Å². The van der Waals surface area contributed by atoms with E-state index in [0.717, 1.165) is 28.7 Å². The molecule has 0 aliphatic carbocycles. The van der Waals surface area contributed by atoms with Gasteiger partial charge in [-0.2, -0.15) is 0 Å². The second-order valence-electron chi connectivity index (χ2n) is 8.30. The van der Waals surface area contributed by atoms with Crippen LogP contribution in [0.5, 0.6) is 11.5 Å². The van der Waals surface area contributed by atoms with E-state index in [-0.39, 0.29) is 18.3 Å². The van der Waals surface area contributed by atoms with Crippen molar-refractivity contribution in [1.82, 2.24) is 0 Å². The molecule has 1 unspecified atom stereocenters. The number of ether oxygens (including phenoxy) is 3. The normalized spacial score (nSPS) is 12.9. The minimum atomic E-state index is -4.76. The molecule has 0 amide bonds. The Morgan fingerprint density at radius 1 is 1.14 bits per heavy atom. The van der Waals surface area contributed by atoms with Crippen LogP contribution in [0.4, 0.5) is 13.2 Å². The maximum atomic E-state index is 12.6. The van der Waals surface area contributed by atoms with Gasteiger partial charge < -0.3 is 19.9 Å². The molecular weight excluding hydrogens is 459 g/mol. The molecule has 0 saturated carbocycles. The van der Waals surface area contributed by atoms with Gasteiger partial charge >= 0.3 is 12.3 Å². The van der Waals surface area contributed by atoms with Crippen molar-refractivity contribution < 1.29 is 32.2 Å². The molecule has 2 aromatic carbocycles. The lowest BCUT2D eigenvalue weighted by Crippen LogP contribution is -2.17. The number of carbonyl (C=O) groups excluding carboxylic acids is 1. The molecule has 2 aromatic rings. The Bertz CT molecular complexity index is 1030. The highest BCUT2D eigenvalue weighted by molar-refractivity contribution is 5.74. The van der Waals surface area contributed by atoms with Crippen LogP contribution in [0.15, 0.2) is 42.2 Å². The molecule has 192 valence electrons. The van der Waals surface area contributed by atoms with Crippen molar-refractivity contribution in [1.29, 1.82) is 0 Å². The summed E-state index contributed by atoms with van der Waals surface area (Å²) in [5.41, 5.74) is 10.8. The molecule has 0 saturated heterocycles. The summed E-state index contributed by atoms with van der Waals surface area (Å²) < 4.78 is 53.6. The van der Waals surface area contributed by atoms with Crippen molar-refractivity contribution in [3.63, 3.8) is 0 Å². The van der Waals surface area contributed by atoms with Crippen molar-refractivity contribution in [2.24, 2.45) is 5.73 Å². The molecule has 0 radical (unpaired) electrons. The minimum absolute atomic E-state index is 0.159. The molecule has 35 heavy (non-hydrogen) atoms. The lowest BCUT2D eigenvalue weighted by atomic mass is 9.90. The quantitative estimate of drug-likeness (QED) is 0.259. The van der Waals surface area contributed by atoms with Crippen molar-refractivity contribution in [3.8, 4) is 22.6 Å². The Morgan fingerprint density at radius 2 is 1.80 bits per heavy atom. The number of esters is 1. The summed E-state index contributed by atoms with van der Waals surface area (Å²) in [4.78, 5) is 12.3. The number of hydrogen-bond donors (Lipinski definition) is 1. The molecule has 2 rings (SSSR count). The summed E-state index contributed by atoms with van der Waals surface area (Å²) in [6.45, 7) is 9.81. The minimum Gasteiger partial charge on any atom is -0.464 e. The molecule has 0 fully saturated rings. The van der Waals surface area contributed by atoms with E-state index in [0.29, 0.717) is 36.1 Å². The fourth-order valence-electron chi connectivity index (χ4n) is 3.65. The first-order valence-corrected chi connectivity index (χ1v) is 11.8. The average molecular weight is 494 g/mol. The van der Waals surface area contributed by atoms with E-state index in [1.807, 2.05) is 40.7 Å². The van der Waals surface area contributed by atoms with E-state index in [1.54, 1.807) is 18.4 Å². The third-order valence-corrected chi connectivity index (χ3v) is 5.63. The van der Waals surface area contributed by atoms with E-state index >= 15 is 0 Å². The second kappa shape index (κ2) is 12.6. The van der Waals surface area contributed by atoms with E-state index in [9.17, 15) is 18.0 Å². The summed E-state index contributed by atoms with van der Waals surface area (Å²) in [7, 11) is 0. The molecule has 5 nitrogen and oxygen atoms in total. The Balaban J connectivity index is 2.65. The predicted molar refractivity (Wildman–Crippen MR) is 130 cm³/mol. The molecule has 8 heteroatoms. The van der Waals surface area contributed by atoms with Gasteiger partial charge in [-0.25, -0.2) is 0 Å². The van der Waals surface area contributed by atoms with Crippen LogP contribution < -0.4 is 15.2 Å². The van der Waals surface area contributed by atoms with Gasteiger partial charge in [0.2, 0.25) is 0 Å². The highest BCUT2D eigenvalue weighted by Crippen LogP contribution is 2.42. The van der Waals surface area contributed by atoms with Crippen LogP contribution >= 0.6 is 0 Å². The summed E-state index contributed by atoms with van der Waals surface area (Å²) in [5.74, 6) is -0.0699. The summed E-state index contributed by atoms with van der Waals surface area (Å²) >= 11 is 0. The predicted octanol–water partition coefficient (Wildman–Crippen LogP) is 7.51. The van der Waals surface area contributed by atoms with Gasteiger partial charge in [0.25, 0.3) is 0 Å². The zero-order chi connectivity index (χ0) is 26.2. The van der Waals surface area contributed by atoms with Crippen molar-refractivity contribution in [2.75, 3.05) is 0 Å². The van der Waals surface area contributed by atoms with Crippen molar-refractivity contribution in [2.45, 2.75) is 79.3 Å². The first-order chi connectivity index (χ1) is 16.5. The number of nitrogens with two attached hydrogens (primary N) is 1. The summed E-state index contributed by atoms with van der Waals surface area (Å²) in [5, 5.41) is 0. The number of halogens is 3. The van der Waals surface area contributed by atoms with E-state index in [2.05, 4.69) is 4.74 Å². The zero-order valence-electron chi connectivity index (χ0n) is 20.9. The number of alkyl halides is 3. The highest BCUT2D eigenvalue weighted by atomic mass is 19.4. The number of rotatable bonds is 11. The van der Waals surface area contributed by atoms with Crippen LogP contribution in [0.25, 0.3) is 11.1 Å². The number of carbonyl (C=O) groups is 1. The van der Waals surface area contributed by atoms with E-state index in [4.69, 9.17) is 15.2 Å². The van der Waals surface area contributed by atoms with Crippen molar-refractivity contribution >= 4 is 5.97 Å². The molecular formula is C27H34F3NO4. The molecule has 0 aromatic heterocycles. The Morgan fingerprint density at radius 3 is 2.31 bits per heavy atom. The van der Waals surface area contributed by atoms with Gasteiger partial charge in [-0.05, 0) is 79.1 Å². The largest absolute Gasteiger partial charge is 0.573 e. The molecule has 2 N–H and O–H groups in total. The third-order valence-electron chi connectivity index (χ3n) is 5.63. The number of allylic oxidation sites excluding steroid dienone is 1. The smallest absolute Gasteiger partial charge is 0.464 e. The zero-order valence-corrected chi connectivity index (χ0v) is 20.9. The third kappa shape index (κ3) is 7.75. The Kier molecular flexibility index (Phi) is 10.2.